The van der Waals surface area contributed by atoms with Crippen molar-refractivity contribution >= 4 is 23.4 Å². The zero-order valence-corrected chi connectivity index (χ0v) is 15.0. The number of carbonyl (C=O) groups excluding carboxylic acids is 1. The van der Waals surface area contributed by atoms with Gasteiger partial charge in [0.1, 0.15) is 6.33 Å². The van der Waals surface area contributed by atoms with Crippen molar-refractivity contribution in [3.05, 3.63) is 60.9 Å². The van der Waals surface area contributed by atoms with Gasteiger partial charge >= 0.3 is 0 Å². The van der Waals surface area contributed by atoms with E-state index < -0.39 is 0 Å². The summed E-state index contributed by atoms with van der Waals surface area (Å²) in [6.07, 6.45) is 1.68. The minimum Gasteiger partial charge on any atom is -0.325 e. The van der Waals surface area contributed by atoms with Crippen molar-refractivity contribution in [2.75, 3.05) is 5.32 Å². The first-order valence-electron chi connectivity index (χ1n) is 8.18. The number of hydrogen-bond acceptors (Lipinski definition) is 4. The van der Waals surface area contributed by atoms with Gasteiger partial charge in [-0.05, 0) is 25.5 Å². The van der Waals surface area contributed by atoms with Gasteiger partial charge in [-0.15, -0.1) is 10.2 Å². The van der Waals surface area contributed by atoms with E-state index in [1.807, 2.05) is 73.0 Å². The fraction of sp³-hybridized carbons (Fsp3) is 0.211. The molecule has 5 nitrogen and oxygen atoms in total. The number of nitrogens with one attached hydrogen (secondary N) is 1. The predicted molar refractivity (Wildman–Crippen MR) is 102 cm³/mol. The number of aryl methyl sites for hydroxylation is 1. The first-order valence-corrected chi connectivity index (χ1v) is 9.06. The van der Waals surface area contributed by atoms with Gasteiger partial charge in [-0.25, -0.2) is 0 Å². The molecule has 0 fully saturated rings. The van der Waals surface area contributed by atoms with Crippen molar-refractivity contribution in [3.63, 3.8) is 0 Å². The molecule has 1 heterocycles. The van der Waals surface area contributed by atoms with E-state index in [0.717, 1.165) is 28.5 Å². The zero-order valence-electron chi connectivity index (χ0n) is 14.2. The maximum Gasteiger partial charge on any atom is 0.237 e. The van der Waals surface area contributed by atoms with Gasteiger partial charge in [0.25, 0.3) is 0 Å². The summed E-state index contributed by atoms with van der Waals surface area (Å²) in [5.74, 6) is -0.0564. The van der Waals surface area contributed by atoms with E-state index in [1.54, 1.807) is 6.33 Å². The fourth-order valence-corrected chi connectivity index (χ4v) is 3.35. The number of nitrogens with zero attached hydrogens (tertiary/aromatic N) is 3. The van der Waals surface area contributed by atoms with Crippen LogP contribution in [0.4, 0.5) is 5.69 Å². The predicted octanol–water partition coefficient (Wildman–Crippen LogP) is 4.08. The highest BCUT2D eigenvalue weighted by Gasteiger charge is 2.18. The molecule has 0 aliphatic heterocycles. The molecule has 0 unspecified atom stereocenters. The van der Waals surface area contributed by atoms with Crippen LogP contribution in [0.3, 0.4) is 0 Å². The van der Waals surface area contributed by atoms with Gasteiger partial charge in [0, 0.05) is 17.8 Å². The molecule has 3 rings (SSSR count). The lowest BCUT2D eigenvalue weighted by atomic mass is 10.0. The van der Waals surface area contributed by atoms with Gasteiger partial charge in [-0.3, -0.25) is 4.79 Å². The monoisotopic (exact) mass is 352 g/mol. The summed E-state index contributed by atoms with van der Waals surface area (Å²) >= 11 is 1.41. The molecule has 0 bridgehead atoms. The molecule has 1 amide bonds. The standard InChI is InChI=1S/C19H20N4OS/c1-3-23-13-20-22-19(23)25-14(2)18(24)21-17-12-8-7-11-16(17)15-9-5-4-6-10-15/h4-14H,3H2,1-2H3,(H,21,24)/t14-/m1/s1. The van der Waals surface area contributed by atoms with Crippen LogP contribution in [-0.4, -0.2) is 25.9 Å². The van der Waals surface area contributed by atoms with Crippen LogP contribution in [0.15, 0.2) is 66.1 Å². The van der Waals surface area contributed by atoms with Crippen molar-refractivity contribution in [1.82, 2.24) is 14.8 Å². The van der Waals surface area contributed by atoms with E-state index in [-0.39, 0.29) is 11.2 Å². The van der Waals surface area contributed by atoms with Crippen LogP contribution in [0.5, 0.6) is 0 Å². The third-order valence-corrected chi connectivity index (χ3v) is 4.94. The van der Waals surface area contributed by atoms with Gasteiger partial charge in [-0.2, -0.15) is 0 Å². The van der Waals surface area contributed by atoms with Gasteiger partial charge < -0.3 is 9.88 Å². The molecule has 1 aromatic heterocycles. The van der Waals surface area contributed by atoms with E-state index in [0.29, 0.717) is 0 Å². The Morgan fingerprint density at radius 2 is 1.88 bits per heavy atom. The molecule has 25 heavy (non-hydrogen) atoms. The molecule has 1 N–H and O–H groups in total. The molecule has 6 heteroatoms. The van der Waals surface area contributed by atoms with Gasteiger partial charge in [0.2, 0.25) is 5.91 Å². The highest BCUT2D eigenvalue weighted by Crippen LogP contribution is 2.29. The van der Waals surface area contributed by atoms with Crippen LogP contribution >= 0.6 is 11.8 Å². The molecular formula is C19H20N4OS. The van der Waals surface area contributed by atoms with E-state index >= 15 is 0 Å². The van der Waals surface area contributed by atoms with Crippen LogP contribution in [0.1, 0.15) is 13.8 Å². The molecule has 2 aromatic carbocycles. The second-order valence-corrected chi connectivity index (χ2v) is 6.87. The highest BCUT2D eigenvalue weighted by molar-refractivity contribution is 8.00. The summed E-state index contributed by atoms with van der Waals surface area (Å²) in [6, 6.07) is 17.9. The SMILES string of the molecule is CCn1cnnc1S[C@H](C)C(=O)Nc1ccccc1-c1ccccc1. The Labute approximate surface area is 151 Å². The molecule has 0 saturated carbocycles. The lowest BCUT2D eigenvalue weighted by Gasteiger charge is -2.15. The summed E-state index contributed by atoms with van der Waals surface area (Å²) in [5.41, 5.74) is 2.89. The number of amides is 1. The van der Waals surface area contributed by atoms with Crippen LogP contribution in [0, 0.1) is 0 Å². The highest BCUT2D eigenvalue weighted by atomic mass is 32.2. The Balaban J connectivity index is 1.75. The molecular weight excluding hydrogens is 332 g/mol. The van der Waals surface area contributed by atoms with E-state index in [9.17, 15) is 4.79 Å². The number of hydrogen-bond donors (Lipinski definition) is 1. The Bertz CT molecular complexity index is 847. The molecule has 0 spiro atoms. The molecule has 0 aliphatic carbocycles. The van der Waals surface area contributed by atoms with Crippen LogP contribution in [-0.2, 0) is 11.3 Å². The Morgan fingerprint density at radius 1 is 1.16 bits per heavy atom. The molecule has 0 saturated heterocycles. The van der Waals surface area contributed by atoms with Crippen molar-refractivity contribution in [3.8, 4) is 11.1 Å². The summed E-state index contributed by atoms with van der Waals surface area (Å²) in [5, 5.41) is 11.5. The second-order valence-electron chi connectivity index (χ2n) is 5.56. The first kappa shape index (κ1) is 17.2. The van der Waals surface area contributed by atoms with Gasteiger partial charge in [0.15, 0.2) is 5.16 Å². The third-order valence-electron chi connectivity index (χ3n) is 3.84. The van der Waals surface area contributed by atoms with Crippen LogP contribution < -0.4 is 5.32 Å². The number of para-hydroxylation sites is 1. The normalized spacial score (nSPS) is 11.9. The second kappa shape index (κ2) is 7.98. The Kier molecular flexibility index (Phi) is 5.50. The smallest absolute Gasteiger partial charge is 0.237 e. The number of anilines is 1. The Morgan fingerprint density at radius 3 is 2.64 bits per heavy atom. The number of rotatable bonds is 6. The van der Waals surface area contributed by atoms with Crippen molar-refractivity contribution in [2.24, 2.45) is 0 Å². The average Bonchev–Trinajstić information content (AvgIpc) is 3.10. The summed E-state index contributed by atoms with van der Waals surface area (Å²) in [7, 11) is 0. The summed E-state index contributed by atoms with van der Waals surface area (Å²) in [6.45, 7) is 4.68. The average molecular weight is 352 g/mol. The number of benzene rings is 2. The first-order chi connectivity index (χ1) is 12.2. The molecule has 1 atom stereocenters. The number of aromatic nitrogens is 3. The Hall–Kier alpha value is -2.60. The molecule has 0 radical (unpaired) electrons. The van der Waals surface area contributed by atoms with Crippen molar-refractivity contribution in [2.45, 2.75) is 30.8 Å². The molecule has 3 aromatic rings. The van der Waals surface area contributed by atoms with Crippen LogP contribution in [0.2, 0.25) is 0 Å². The molecule has 128 valence electrons. The maximum atomic E-state index is 12.6. The maximum absolute atomic E-state index is 12.6. The lowest BCUT2D eigenvalue weighted by molar-refractivity contribution is -0.115. The third kappa shape index (κ3) is 4.09. The lowest BCUT2D eigenvalue weighted by Crippen LogP contribution is -2.23. The minimum atomic E-state index is -0.279. The summed E-state index contributed by atoms with van der Waals surface area (Å²) in [4.78, 5) is 12.6. The summed E-state index contributed by atoms with van der Waals surface area (Å²) < 4.78 is 1.92. The van der Waals surface area contributed by atoms with Gasteiger partial charge in [0.05, 0.1) is 5.25 Å². The largest absolute Gasteiger partial charge is 0.325 e. The number of carbonyl (C=O) groups is 1. The van der Waals surface area contributed by atoms with Crippen LogP contribution in [0.25, 0.3) is 11.1 Å². The van der Waals surface area contributed by atoms with Crippen molar-refractivity contribution < 1.29 is 4.79 Å². The number of thioether (sulfide) groups is 1. The fourth-order valence-electron chi connectivity index (χ4n) is 2.46. The quantitative estimate of drug-likeness (QED) is 0.679. The van der Waals surface area contributed by atoms with E-state index in [2.05, 4.69) is 15.5 Å². The molecule has 0 aliphatic rings. The van der Waals surface area contributed by atoms with Crippen molar-refractivity contribution in [1.29, 1.82) is 0 Å². The van der Waals surface area contributed by atoms with Gasteiger partial charge in [-0.1, -0.05) is 60.3 Å². The minimum absolute atomic E-state index is 0.0564. The van der Waals surface area contributed by atoms with E-state index in [4.69, 9.17) is 0 Å². The zero-order chi connectivity index (χ0) is 17.6. The topological polar surface area (TPSA) is 59.8 Å². The van der Waals surface area contributed by atoms with E-state index in [1.165, 1.54) is 11.8 Å².